The molecule has 0 saturated heterocycles. The minimum atomic E-state index is -0.447. The summed E-state index contributed by atoms with van der Waals surface area (Å²) in [6, 6.07) is 10.9. The lowest BCUT2D eigenvalue weighted by Crippen LogP contribution is -2.36. The van der Waals surface area contributed by atoms with Gasteiger partial charge in [0, 0.05) is 20.1 Å². The van der Waals surface area contributed by atoms with E-state index in [-0.39, 0.29) is 31.0 Å². The Morgan fingerprint density at radius 3 is 2.29 bits per heavy atom. The number of nitrogens with zero attached hydrogens (tertiary/aromatic N) is 2. The molecule has 8 heteroatoms. The first-order valence-corrected chi connectivity index (χ1v) is 9.80. The van der Waals surface area contributed by atoms with Crippen molar-refractivity contribution in [3.8, 4) is 11.5 Å². The average Bonchev–Trinajstić information content (AvgIpc) is 3.02. The number of carbonyl (C=O) groups excluding carboxylic acids is 2. The number of aliphatic hydroxyl groups is 1. The maximum Gasteiger partial charge on any atom is 0.277 e. The van der Waals surface area contributed by atoms with Gasteiger partial charge in [-0.05, 0) is 41.8 Å². The lowest BCUT2D eigenvalue weighted by Gasteiger charge is -2.20. The number of imide groups is 1. The van der Waals surface area contributed by atoms with Crippen molar-refractivity contribution in [1.82, 2.24) is 9.80 Å². The second kappa shape index (κ2) is 9.61. The minimum absolute atomic E-state index is 0.161. The predicted octanol–water partition coefficient (Wildman–Crippen LogP) is 2.09. The second-order valence-electron chi connectivity index (χ2n) is 7.08. The van der Waals surface area contributed by atoms with Crippen molar-refractivity contribution in [3.63, 3.8) is 0 Å². The molecule has 1 aliphatic heterocycles. The van der Waals surface area contributed by atoms with Gasteiger partial charge >= 0.3 is 0 Å². The Bertz CT molecular complexity index is 1000. The smallest absolute Gasteiger partial charge is 0.277 e. The summed E-state index contributed by atoms with van der Waals surface area (Å²) in [5, 5.41) is 9.31. The summed E-state index contributed by atoms with van der Waals surface area (Å²) < 4.78 is 23.9. The third kappa shape index (κ3) is 4.54. The van der Waals surface area contributed by atoms with Crippen LogP contribution in [0.25, 0.3) is 5.57 Å². The zero-order chi connectivity index (χ0) is 22.5. The zero-order valence-electron chi connectivity index (χ0n) is 17.7. The summed E-state index contributed by atoms with van der Waals surface area (Å²) in [6.45, 7) is 0.167. The van der Waals surface area contributed by atoms with Gasteiger partial charge in [0.15, 0.2) is 11.5 Å². The number of aliphatic hydroxyl groups excluding tert-OH is 1. The SMILES string of the molecule is COc1ccc(CCN2C(=O)C(c3ccc(F)cc3)=C(N(C)CCO)C2=O)cc1OC. The van der Waals surface area contributed by atoms with E-state index in [9.17, 15) is 19.1 Å². The monoisotopic (exact) mass is 428 g/mol. The van der Waals surface area contributed by atoms with Crippen LogP contribution in [-0.2, 0) is 16.0 Å². The number of carbonyl (C=O) groups is 2. The topological polar surface area (TPSA) is 79.3 Å². The summed E-state index contributed by atoms with van der Waals surface area (Å²) >= 11 is 0. The van der Waals surface area contributed by atoms with E-state index in [1.165, 1.54) is 36.3 Å². The van der Waals surface area contributed by atoms with Crippen LogP contribution in [0.1, 0.15) is 11.1 Å². The standard InChI is InChI=1S/C23H25FN2O5/c1-25(12-13-27)21-20(16-5-7-17(24)8-6-16)22(28)26(23(21)29)11-10-15-4-9-18(30-2)19(14-15)31-3/h4-9,14,27H,10-13H2,1-3H3. The number of benzene rings is 2. The summed E-state index contributed by atoms with van der Waals surface area (Å²) in [5.41, 5.74) is 1.72. The Morgan fingerprint density at radius 2 is 1.68 bits per heavy atom. The van der Waals surface area contributed by atoms with Gasteiger partial charge in [0.05, 0.1) is 26.4 Å². The van der Waals surface area contributed by atoms with E-state index < -0.39 is 17.6 Å². The van der Waals surface area contributed by atoms with Gasteiger partial charge in [-0.3, -0.25) is 14.5 Å². The fraction of sp³-hybridized carbons (Fsp3) is 0.304. The molecule has 164 valence electrons. The molecule has 0 spiro atoms. The van der Waals surface area contributed by atoms with Gasteiger partial charge in [-0.2, -0.15) is 0 Å². The van der Waals surface area contributed by atoms with Crippen LogP contribution in [0.5, 0.6) is 11.5 Å². The highest BCUT2D eigenvalue weighted by Gasteiger charge is 2.40. The molecular weight excluding hydrogens is 403 g/mol. The van der Waals surface area contributed by atoms with Crippen LogP contribution in [0.15, 0.2) is 48.2 Å². The zero-order valence-corrected chi connectivity index (χ0v) is 17.7. The van der Waals surface area contributed by atoms with Gasteiger partial charge < -0.3 is 19.5 Å². The van der Waals surface area contributed by atoms with E-state index in [0.717, 1.165) is 5.56 Å². The van der Waals surface area contributed by atoms with Crippen molar-refractivity contribution in [2.24, 2.45) is 0 Å². The Balaban J connectivity index is 1.87. The highest BCUT2D eigenvalue weighted by Crippen LogP contribution is 2.32. The fourth-order valence-electron chi connectivity index (χ4n) is 3.54. The number of likely N-dealkylation sites (N-methyl/N-ethyl adjacent to an activating group) is 1. The van der Waals surface area contributed by atoms with E-state index >= 15 is 0 Å². The van der Waals surface area contributed by atoms with E-state index in [0.29, 0.717) is 23.5 Å². The van der Waals surface area contributed by atoms with Gasteiger partial charge in [0.1, 0.15) is 11.5 Å². The number of hydrogen-bond acceptors (Lipinski definition) is 6. The Hall–Kier alpha value is -3.39. The third-order valence-corrected chi connectivity index (χ3v) is 5.17. The molecule has 2 aromatic rings. The summed E-state index contributed by atoms with van der Waals surface area (Å²) in [4.78, 5) is 29.0. The van der Waals surface area contributed by atoms with Crippen molar-refractivity contribution in [3.05, 3.63) is 65.1 Å². The van der Waals surface area contributed by atoms with E-state index in [1.807, 2.05) is 6.07 Å². The Morgan fingerprint density at radius 1 is 1.00 bits per heavy atom. The van der Waals surface area contributed by atoms with E-state index in [1.54, 1.807) is 31.2 Å². The number of hydrogen-bond donors (Lipinski definition) is 1. The molecule has 0 saturated carbocycles. The molecule has 1 N–H and O–H groups in total. The predicted molar refractivity (Wildman–Crippen MR) is 113 cm³/mol. The first-order valence-electron chi connectivity index (χ1n) is 9.80. The first-order chi connectivity index (χ1) is 14.9. The molecule has 3 rings (SSSR count). The molecule has 0 aliphatic carbocycles. The molecule has 1 aliphatic rings. The fourth-order valence-corrected chi connectivity index (χ4v) is 3.54. The van der Waals surface area contributed by atoms with Crippen LogP contribution in [0.4, 0.5) is 4.39 Å². The molecule has 1 heterocycles. The number of methoxy groups -OCH3 is 2. The molecule has 0 bridgehead atoms. The van der Waals surface area contributed by atoms with Gasteiger partial charge in [-0.1, -0.05) is 18.2 Å². The van der Waals surface area contributed by atoms with E-state index in [4.69, 9.17) is 9.47 Å². The number of ether oxygens (including phenoxy) is 2. The average molecular weight is 428 g/mol. The Labute approximate surface area is 180 Å². The highest BCUT2D eigenvalue weighted by molar-refractivity contribution is 6.35. The van der Waals surface area contributed by atoms with Crippen LogP contribution in [-0.4, -0.2) is 67.7 Å². The van der Waals surface area contributed by atoms with Crippen LogP contribution < -0.4 is 9.47 Å². The largest absolute Gasteiger partial charge is 0.493 e. The quantitative estimate of drug-likeness (QED) is 0.617. The lowest BCUT2D eigenvalue weighted by atomic mass is 10.0. The maximum atomic E-state index is 13.4. The number of amides is 2. The molecule has 0 fully saturated rings. The molecule has 31 heavy (non-hydrogen) atoms. The van der Waals surface area contributed by atoms with Gasteiger partial charge in [0.25, 0.3) is 11.8 Å². The van der Waals surface area contributed by atoms with Crippen LogP contribution in [0.3, 0.4) is 0 Å². The van der Waals surface area contributed by atoms with Crippen molar-refractivity contribution >= 4 is 17.4 Å². The van der Waals surface area contributed by atoms with Crippen molar-refractivity contribution in [2.75, 3.05) is 41.0 Å². The summed E-state index contributed by atoms with van der Waals surface area (Å²) in [6.07, 6.45) is 0.422. The first kappa shape index (κ1) is 22.3. The normalized spacial score (nSPS) is 13.8. The lowest BCUT2D eigenvalue weighted by molar-refractivity contribution is -0.137. The number of halogens is 1. The van der Waals surface area contributed by atoms with Crippen LogP contribution >= 0.6 is 0 Å². The van der Waals surface area contributed by atoms with Crippen LogP contribution in [0, 0.1) is 5.82 Å². The number of rotatable bonds is 9. The molecule has 0 atom stereocenters. The molecule has 0 aromatic heterocycles. The third-order valence-electron chi connectivity index (χ3n) is 5.17. The summed E-state index contributed by atoms with van der Waals surface area (Å²) in [5.74, 6) is -0.172. The molecule has 0 radical (unpaired) electrons. The van der Waals surface area contributed by atoms with Gasteiger partial charge in [-0.15, -0.1) is 0 Å². The molecule has 2 amide bonds. The molecule has 2 aromatic carbocycles. The summed E-state index contributed by atoms with van der Waals surface area (Å²) in [7, 11) is 4.72. The second-order valence-corrected chi connectivity index (χ2v) is 7.08. The van der Waals surface area contributed by atoms with Gasteiger partial charge in [-0.25, -0.2) is 4.39 Å². The minimum Gasteiger partial charge on any atom is -0.493 e. The van der Waals surface area contributed by atoms with Crippen LogP contribution in [0.2, 0.25) is 0 Å². The van der Waals surface area contributed by atoms with Crippen molar-refractivity contribution in [2.45, 2.75) is 6.42 Å². The van der Waals surface area contributed by atoms with E-state index in [2.05, 4.69) is 0 Å². The molecule has 0 unspecified atom stereocenters. The Kier molecular flexibility index (Phi) is 6.91. The van der Waals surface area contributed by atoms with Crippen molar-refractivity contribution < 1.29 is 28.6 Å². The highest BCUT2D eigenvalue weighted by atomic mass is 19.1. The maximum absolute atomic E-state index is 13.4. The molecule has 7 nitrogen and oxygen atoms in total. The van der Waals surface area contributed by atoms with Gasteiger partial charge in [0.2, 0.25) is 0 Å². The van der Waals surface area contributed by atoms with Crippen molar-refractivity contribution in [1.29, 1.82) is 0 Å². The molecular formula is C23H25FN2O5.